The van der Waals surface area contributed by atoms with E-state index in [1.165, 1.54) is 5.56 Å². The minimum Gasteiger partial charge on any atom is -0.359 e. The number of piperidine rings is 1. The molecule has 2 atom stereocenters. The number of likely N-dealkylation sites (tertiary alicyclic amines) is 1. The average molecular weight is 427 g/mol. The van der Waals surface area contributed by atoms with E-state index >= 15 is 0 Å². The Morgan fingerprint density at radius 3 is 1.88 bits per heavy atom. The van der Waals surface area contributed by atoms with Gasteiger partial charge in [0.1, 0.15) is 0 Å². The second kappa shape index (κ2) is 8.89. The lowest BCUT2D eigenvalue weighted by Gasteiger charge is -2.32. The van der Waals surface area contributed by atoms with E-state index in [1.807, 2.05) is 60.7 Å². The van der Waals surface area contributed by atoms with Gasteiger partial charge in [-0.1, -0.05) is 91.0 Å². The Hall–Kier alpha value is -2.95. The number of benzene rings is 3. The number of hydrogen-bond donors (Lipinski definition) is 1. The van der Waals surface area contributed by atoms with Gasteiger partial charge in [-0.2, -0.15) is 0 Å². The van der Waals surface area contributed by atoms with Crippen molar-refractivity contribution in [3.05, 3.63) is 108 Å². The Kier molecular flexibility index (Phi) is 5.81. The molecule has 2 aliphatic rings. The highest BCUT2D eigenvalue weighted by Gasteiger charge is 2.55. The molecule has 0 bridgehead atoms. The molecule has 0 aromatic heterocycles. The minimum absolute atomic E-state index is 0.0940. The smallest absolute Gasteiger partial charge is 0.261 e. The number of nitrogens with one attached hydrogen (secondary N) is 1. The van der Waals surface area contributed by atoms with Crippen LogP contribution >= 0.6 is 0 Å². The number of carbonyl (C=O) groups excluding carboxylic acids is 1. The second-order valence-electron chi connectivity index (χ2n) is 9.00. The summed E-state index contributed by atoms with van der Waals surface area (Å²) >= 11 is 0. The summed E-state index contributed by atoms with van der Waals surface area (Å²) in [5.41, 5.74) is 1.91. The lowest BCUT2D eigenvalue weighted by Crippen LogP contribution is -2.47. The van der Waals surface area contributed by atoms with Crippen molar-refractivity contribution in [1.82, 2.24) is 10.2 Å². The molecule has 1 saturated heterocycles. The quantitative estimate of drug-likeness (QED) is 0.590. The molecule has 0 radical (unpaired) electrons. The molecule has 2 fully saturated rings. The molecule has 164 valence electrons. The number of hydrogen-bond acceptors (Lipinski definition) is 3. The van der Waals surface area contributed by atoms with Gasteiger partial charge >= 0.3 is 0 Å². The Labute approximate surface area is 190 Å². The van der Waals surface area contributed by atoms with E-state index in [0.29, 0.717) is 24.3 Å². The molecule has 0 spiro atoms. The first-order valence-electron chi connectivity index (χ1n) is 11.4. The van der Waals surface area contributed by atoms with Gasteiger partial charge in [-0.3, -0.25) is 9.69 Å². The van der Waals surface area contributed by atoms with Crippen molar-refractivity contribution < 1.29 is 9.53 Å². The summed E-state index contributed by atoms with van der Waals surface area (Å²) in [5, 5.41) is 3.24. The predicted octanol–water partition coefficient (Wildman–Crippen LogP) is 4.07. The molecule has 1 aliphatic carbocycles. The van der Waals surface area contributed by atoms with E-state index in [-0.39, 0.29) is 5.91 Å². The van der Waals surface area contributed by atoms with Gasteiger partial charge in [0.25, 0.3) is 5.91 Å². The third-order valence-corrected chi connectivity index (χ3v) is 7.18. The van der Waals surface area contributed by atoms with Crippen LogP contribution in [0.2, 0.25) is 0 Å². The van der Waals surface area contributed by atoms with Gasteiger partial charge in [-0.05, 0) is 34.4 Å². The molecule has 1 aliphatic heterocycles. The van der Waals surface area contributed by atoms with E-state index in [9.17, 15) is 4.79 Å². The van der Waals surface area contributed by atoms with Gasteiger partial charge in [0, 0.05) is 33.3 Å². The van der Waals surface area contributed by atoms with E-state index < -0.39 is 5.60 Å². The lowest BCUT2D eigenvalue weighted by atomic mass is 9.85. The Morgan fingerprint density at radius 2 is 1.38 bits per heavy atom. The minimum atomic E-state index is -1.15. The first-order chi connectivity index (χ1) is 15.7. The Bertz CT molecular complexity index is 987. The summed E-state index contributed by atoms with van der Waals surface area (Å²) in [6, 6.07) is 30.2. The fourth-order valence-corrected chi connectivity index (χ4v) is 5.45. The van der Waals surface area contributed by atoms with Crippen LogP contribution in [0.15, 0.2) is 91.0 Å². The first-order valence-corrected chi connectivity index (χ1v) is 11.4. The molecular weight excluding hydrogens is 396 g/mol. The maximum absolute atomic E-state index is 13.6. The van der Waals surface area contributed by atoms with Crippen molar-refractivity contribution in [1.29, 1.82) is 0 Å². The van der Waals surface area contributed by atoms with E-state index in [0.717, 1.165) is 30.8 Å². The van der Waals surface area contributed by atoms with Crippen molar-refractivity contribution in [3.63, 3.8) is 0 Å². The van der Waals surface area contributed by atoms with Crippen molar-refractivity contribution >= 4 is 5.91 Å². The molecule has 3 aromatic rings. The molecule has 2 unspecified atom stereocenters. The number of methoxy groups -OCH3 is 1. The fourth-order valence-electron chi connectivity index (χ4n) is 5.45. The third-order valence-electron chi connectivity index (χ3n) is 7.18. The van der Waals surface area contributed by atoms with Crippen molar-refractivity contribution in [2.45, 2.75) is 12.1 Å². The Balaban J connectivity index is 1.24. The van der Waals surface area contributed by atoms with Crippen LogP contribution in [0.1, 0.15) is 16.7 Å². The standard InChI is InChI=1S/C28H30N2O2/c1-32-28(22-13-7-3-8-14-22,23-15-9-4-10-16-23)27(31)29-17-24-25-19-30(20-26(24)25)18-21-11-5-2-6-12-21/h2-16,24-26H,17-20H2,1H3,(H,29,31). The second-order valence-corrected chi connectivity index (χ2v) is 9.00. The van der Waals surface area contributed by atoms with Crippen LogP contribution in [0.4, 0.5) is 0 Å². The zero-order chi connectivity index (χ0) is 22.0. The van der Waals surface area contributed by atoms with Gasteiger partial charge in [-0.25, -0.2) is 0 Å². The zero-order valence-electron chi connectivity index (χ0n) is 18.5. The van der Waals surface area contributed by atoms with E-state index in [1.54, 1.807) is 7.11 Å². The van der Waals surface area contributed by atoms with Crippen molar-refractivity contribution in [2.24, 2.45) is 17.8 Å². The molecule has 3 aromatic carbocycles. The maximum atomic E-state index is 13.6. The van der Waals surface area contributed by atoms with Gasteiger partial charge < -0.3 is 10.1 Å². The maximum Gasteiger partial charge on any atom is 0.261 e. The van der Waals surface area contributed by atoms with Crippen LogP contribution in [0, 0.1) is 17.8 Å². The van der Waals surface area contributed by atoms with Crippen LogP contribution in [0.3, 0.4) is 0 Å². The molecule has 1 amide bonds. The monoisotopic (exact) mass is 426 g/mol. The summed E-state index contributed by atoms with van der Waals surface area (Å²) < 4.78 is 5.98. The molecular formula is C28H30N2O2. The molecule has 1 saturated carbocycles. The first kappa shape index (κ1) is 20.9. The number of carbonyl (C=O) groups is 1. The largest absolute Gasteiger partial charge is 0.359 e. The third kappa shape index (κ3) is 3.85. The number of ether oxygens (including phenoxy) is 1. The summed E-state index contributed by atoms with van der Waals surface area (Å²) in [5.74, 6) is 1.84. The number of rotatable bonds is 8. The zero-order valence-corrected chi connectivity index (χ0v) is 18.5. The number of amides is 1. The van der Waals surface area contributed by atoms with Crippen LogP contribution in [-0.2, 0) is 21.7 Å². The lowest BCUT2D eigenvalue weighted by molar-refractivity contribution is -0.140. The van der Waals surface area contributed by atoms with Crippen molar-refractivity contribution in [2.75, 3.05) is 26.7 Å². The number of fused-ring (bicyclic) bond motifs is 1. The molecule has 4 nitrogen and oxygen atoms in total. The fraction of sp³-hybridized carbons (Fsp3) is 0.321. The SMILES string of the molecule is COC(C(=O)NCC1C2CN(Cc3ccccc3)CC12)(c1ccccc1)c1ccccc1. The summed E-state index contributed by atoms with van der Waals surface area (Å²) in [6.07, 6.45) is 0. The summed E-state index contributed by atoms with van der Waals surface area (Å²) in [6.45, 7) is 3.96. The normalized spacial score (nSPS) is 22.3. The van der Waals surface area contributed by atoms with Gasteiger partial charge in [0.05, 0.1) is 0 Å². The van der Waals surface area contributed by atoms with E-state index in [4.69, 9.17) is 4.74 Å². The molecule has 1 heterocycles. The summed E-state index contributed by atoms with van der Waals surface area (Å²) in [7, 11) is 1.62. The van der Waals surface area contributed by atoms with Crippen LogP contribution in [0.25, 0.3) is 0 Å². The highest BCUT2D eigenvalue weighted by atomic mass is 16.5. The molecule has 4 heteroatoms. The van der Waals surface area contributed by atoms with Crippen LogP contribution in [-0.4, -0.2) is 37.6 Å². The molecule has 32 heavy (non-hydrogen) atoms. The summed E-state index contributed by atoms with van der Waals surface area (Å²) in [4.78, 5) is 16.1. The van der Waals surface area contributed by atoms with E-state index in [2.05, 4.69) is 40.5 Å². The number of nitrogens with zero attached hydrogens (tertiary/aromatic N) is 1. The topological polar surface area (TPSA) is 41.6 Å². The highest BCUT2D eigenvalue weighted by Crippen LogP contribution is 2.51. The highest BCUT2D eigenvalue weighted by molar-refractivity contribution is 5.90. The average Bonchev–Trinajstić information content (AvgIpc) is 3.31. The van der Waals surface area contributed by atoms with Gasteiger partial charge in [-0.15, -0.1) is 0 Å². The van der Waals surface area contributed by atoms with Gasteiger partial charge in [0.2, 0.25) is 0 Å². The predicted molar refractivity (Wildman–Crippen MR) is 126 cm³/mol. The van der Waals surface area contributed by atoms with Crippen LogP contribution < -0.4 is 5.32 Å². The Morgan fingerprint density at radius 1 is 0.875 bits per heavy atom. The molecule has 5 rings (SSSR count). The van der Waals surface area contributed by atoms with Gasteiger partial charge in [0.15, 0.2) is 5.60 Å². The molecule has 1 N–H and O–H groups in total. The van der Waals surface area contributed by atoms with Crippen LogP contribution in [0.5, 0.6) is 0 Å². The van der Waals surface area contributed by atoms with Crippen molar-refractivity contribution in [3.8, 4) is 0 Å².